The zero-order chi connectivity index (χ0) is 10.5. The van der Waals surface area contributed by atoms with E-state index < -0.39 is 18.7 Å². The molecule has 0 amide bonds. The minimum absolute atomic E-state index is 0.178. The monoisotopic (exact) mass is 206 g/mol. The highest BCUT2D eigenvalue weighted by atomic mass is 31.2. The van der Waals surface area contributed by atoms with Gasteiger partial charge in [-0.1, -0.05) is 26.3 Å². The van der Waals surface area contributed by atoms with E-state index in [1.807, 2.05) is 6.92 Å². The zero-order valence-electron chi connectivity index (χ0n) is 7.69. The molecule has 0 aromatic carbocycles. The molecule has 0 heterocycles. The van der Waals surface area contributed by atoms with E-state index >= 15 is 0 Å². The standard InChI is InChI=1S/C8H15O4P/c1-3-4-5-6-8(9)7(2)13(10,11)12/h2-6H2,1H3,(H2,10,11,12). The first-order valence-corrected chi connectivity index (χ1v) is 5.79. The molecule has 0 aliphatic heterocycles. The number of unbranched alkanes of at least 4 members (excludes halogenated alkanes) is 2. The molecule has 0 saturated carbocycles. The van der Waals surface area contributed by atoms with Gasteiger partial charge in [0.25, 0.3) is 0 Å². The molecular weight excluding hydrogens is 191 g/mol. The van der Waals surface area contributed by atoms with Crippen LogP contribution in [0.15, 0.2) is 11.9 Å². The van der Waals surface area contributed by atoms with Crippen LogP contribution in [0, 0.1) is 0 Å². The molecule has 0 rings (SSSR count). The maximum absolute atomic E-state index is 11.1. The van der Waals surface area contributed by atoms with Gasteiger partial charge in [-0.3, -0.25) is 9.36 Å². The largest absolute Gasteiger partial charge is 0.359 e. The fraction of sp³-hybridized carbons (Fsp3) is 0.625. The van der Waals surface area contributed by atoms with E-state index in [1.165, 1.54) is 0 Å². The highest BCUT2D eigenvalue weighted by Gasteiger charge is 2.24. The van der Waals surface area contributed by atoms with Crippen LogP contribution in [-0.2, 0) is 9.36 Å². The van der Waals surface area contributed by atoms with Crippen molar-refractivity contribution in [1.29, 1.82) is 0 Å². The van der Waals surface area contributed by atoms with Crippen LogP contribution < -0.4 is 0 Å². The lowest BCUT2D eigenvalue weighted by Gasteiger charge is -2.05. The fourth-order valence-corrected chi connectivity index (χ4v) is 1.28. The molecule has 0 unspecified atom stereocenters. The lowest BCUT2D eigenvalue weighted by molar-refractivity contribution is -0.115. The number of ketones is 1. The van der Waals surface area contributed by atoms with Gasteiger partial charge in [-0.2, -0.15) is 0 Å². The molecule has 0 spiro atoms. The van der Waals surface area contributed by atoms with Crippen molar-refractivity contribution in [3.8, 4) is 0 Å². The van der Waals surface area contributed by atoms with Crippen molar-refractivity contribution < 1.29 is 19.1 Å². The summed E-state index contributed by atoms with van der Waals surface area (Å²) in [4.78, 5) is 28.3. The average Bonchev–Trinajstić information content (AvgIpc) is 2.01. The van der Waals surface area contributed by atoms with E-state index in [9.17, 15) is 9.36 Å². The summed E-state index contributed by atoms with van der Waals surface area (Å²) in [5.74, 6) is -0.526. The van der Waals surface area contributed by atoms with Crippen LogP contribution in [0.1, 0.15) is 32.6 Å². The second kappa shape index (κ2) is 5.32. The van der Waals surface area contributed by atoms with Gasteiger partial charge in [-0.05, 0) is 6.42 Å². The third kappa shape index (κ3) is 4.98. The summed E-state index contributed by atoms with van der Waals surface area (Å²) in [6.45, 7) is 5.08. The second-order valence-corrected chi connectivity index (χ2v) is 4.50. The molecule has 0 aliphatic carbocycles. The summed E-state index contributed by atoms with van der Waals surface area (Å²) in [6, 6.07) is 0. The van der Waals surface area contributed by atoms with Crippen molar-refractivity contribution in [3.63, 3.8) is 0 Å². The normalized spacial score (nSPS) is 11.3. The number of hydrogen-bond acceptors (Lipinski definition) is 2. The number of carbonyl (C=O) groups is 1. The Bertz CT molecular complexity index is 241. The maximum Gasteiger partial charge on any atom is 0.359 e. The van der Waals surface area contributed by atoms with Crippen molar-refractivity contribution >= 4 is 13.4 Å². The first kappa shape index (κ1) is 12.6. The first-order chi connectivity index (χ1) is 5.89. The molecule has 0 aliphatic rings. The van der Waals surface area contributed by atoms with Crippen molar-refractivity contribution in [2.45, 2.75) is 32.6 Å². The van der Waals surface area contributed by atoms with E-state index in [2.05, 4.69) is 6.58 Å². The predicted octanol–water partition coefficient (Wildman–Crippen LogP) is 1.83. The maximum atomic E-state index is 11.1. The summed E-state index contributed by atoms with van der Waals surface area (Å²) >= 11 is 0. The molecule has 5 heteroatoms. The molecule has 0 aromatic heterocycles. The summed E-state index contributed by atoms with van der Waals surface area (Å²) < 4.78 is 10.6. The minimum Gasteiger partial charge on any atom is -0.321 e. The molecule has 13 heavy (non-hydrogen) atoms. The number of allylic oxidation sites excluding steroid dienone is 1. The van der Waals surface area contributed by atoms with Gasteiger partial charge < -0.3 is 9.79 Å². The van der Waals surface area contributed by atoms with Crippen LogP contribution in [0.2, 0.25) is 0 Å². The Morgan fingerprint density at radius 3 is 2.31 bits per heavy atom. The van der Waals surface area contributed by atoms with Gasteiger partial charge in [0, 0.05) is 6.42 Å². The Hall–Kier alpha value is -0.440. The molecule has 0 saturated heterocycles. The number of carbonyl (C=O) groups excluding carboxylic acids is 1. The molecule has 4 nitrogen and oxygen atoms in total. The predicted molar refractivity (Wildman–Crippen MR) is 50.3 cm³/mol. The second-order valence-electron chi connectivity index (χ2n) is 2.87. The van der Waals surface area contributed by atoms with Crippen molar-refractivity contribution in [1.82, 2.24) is 0 Å². The molecule has 76 valence electrons. The highest BCUT2D eigenvalue weighted by Crippen LogP contribution is 2.44. The smallest absolute Gasteiger partial charge is 0.321 e. The Labute approximate surface area is 77.8 Å². The van der Waals surface area contributed by atoms with Gasteiger partial charge in [0.2, 0.25) is 0 Å². The number of hydrogen-bond donors (Lipinski definition) is 2. The van der Waals surface area contributed by atoms with Crippen molar-refractivity contribution in [2.75, 3.05) is 0 Å². The third-order valence-electron chi connectivity index (χ3n) is 1.68. The van der Waals surface area contributed by atoms with Gasteiger partial charge in [0.05, 0.1) is 5.31 Å². The molecule has 0 aromatic rings. The lowest BCUT2D eigenvalue weighted by Crippen LogP contribution is -2.01. The van der Waals surface area contributed by atoms with Gasteiger partial charge in [-0.25, -0.2) is 0 Å². The Morgan fingerprint density at radius 2 is 1.92 bits per heavy atom. The van der Waals surface area contributed by atoms with Crippen LogP contribution in [0.25, 0.3) is 0 Å². The Balaban J connectivity index is 3.99. The van der Waals surface area contributed by atoms with E-state index in [1.54, 1.807) is 0 Å². The summed E-state index contributed by atoms with van der Waals surface area (Å²) in [6.07, 6.45) is 2.70. The first-order valence-electron chi connectivity index (χ1n) is 4.17. The fourth-order valence-electron chi connectivity index (χ4n) is 0.842. The summed E-state index contributed by atoms with van der Waals surface area (Å²) in [5, 5.41) is -0.566. The topological polar surface area (TPSA) is 74.6 Å². The van der Waals surface area contributed by atoms with Gasteiger partial charge in [0.1, 0.15) is 0 Å². The molecule has 0 fully saturated rings. The Morgan fingerprint density at radius 1 is 1.38 bits per heavy atom. The van der Waals surface area contributed by atoms with E-state index in [0.717, 1.165) is 12.8 Å². The van der Waals surface area contributed by atoms with Crippen molar-refractivity contribution in [3.05, 3.63) is 11.9 Å². The van der Waals surface area contributed by atoms with Gasteiger partial charge in [-0.15, -0.1) is 0 Å². The van der Waals surface area contributed by atoms with Crippen molar-refractivity contribution in [2.24, 2.45) is 0 Å². The minimum atomic E-state index is -4.41. The van der Waals surface area contributed by atoms with Crippen LogP contribution in [0.5, 0.6) is 0 Å². The van der Waals surface area contributed by atoms with E-state index in [-0.39, 0.29) is 6.42 Å². The Kier molecular flexibility index (Phi) is 5.14. The quantitative estimate of drug-likeness (QED) is 0.395. The SMILES string of the molecule is C=C(C(=O)CCCCC)P(=O)(O)O. The van der Waals surface area contributed by atoms with Crippen LogP contribution in [0.3, 0.4) is 0 Å². The molecule has 0 radical (unpaired) electrons. The summed E-state index contributed by atoms with van der Waals surface area (Å²) in [7, 11) is -4.41. The molecule has 0 bridgehead atoms. The molecule has 0 atom stereocenters. The zero-order valence-corrected chi connectivity index (χ0v) is 8.59. The lowest BCUT2D eigenvalue weighted by atomic mass is 10.1. The molecule has 2 N–H and O–H groups in total. The van der Waals surface area contributed by atoms with Gasteiger partial charge >= 0.3 is 7.60 Å². The molecular formula is C8H15O4P. The average molecular weight is 206 g/mol. The highest BCUT2D eigenvalue weighted by molar-refractivity contribution is 7.58. The van der Waals surface area contributed by atoms with Crippen LogP contribution in [0.4, 0.5) is 0 Å². The number of Topliss-reactive ketones (excluding diaryl/α,β-unsaturated/α-hetero) is 1. The summed E-state index contributed by atoms with van der Waals surface area (Å²) in [5.41, 5.74) is 0. The van der Waals surface area contributed by atoms with E-state index in [0.29, 0.717) is 6.42 Å². The number of rotatable bonds is 6. The van der Waals surface area contributed by atoms with Gasteiger partial charge in [0.15, 0.2) is 5.78 Å². The third-order valence-corrected chi connectivity index (χ3v) is 2.63. The van der Waals surface area contributed by atoms with Crippen LogP contribution in [-0.4, -0.2) is 15.6 Å². The van der Waals surface area contributed by atoms with E-state index in [4.69, 9.17) is 9.79 Å². The van der Waals surface area contributed by atoms with Crippen LogP contribution >= 0.6 is 7.60 Å².